The highest BCUT2D eigenvalue weighted by Gasteiger charge is 2.27. The fourth-order valence-electron chi connectivity index (χ4n) is 2.50. The highest BCUT2D eigenvalue weighted by Crippen LogP contribution is 2.26. The number of pyridine rings is 1. The van der Waals surface area contributed by atoms with Gasteiger partial charge in [0.25, 0.3) is 5.56 Å². The number of hydrogen-bond donors (Lipinski definition) is 2. The Hall–Kier alpha value is -3.11. The van der Waals surface area contributed by atoms with Crippen LogP contribution in [0.25, 0.3) is 11.1 Å². The van der Waals surface area contributed by atoms with E-state index in [0.717, 1.165) is 0 Å². The van der Waals surface area contributed by atoms with Gasteiger partial charge >= 0.3 is 0 Å². The summed E-state index contributed by atoms with van der Waals surface area (Å²) in [6.45, 7) is 2.03. The number of H-pyrrole nitrogens is 1. The van der Waals surface area contributed by atoms with Crippen LogP contribution in [0.15, 0.2) is 57.2 Å². The lowest BCUT2D eigenvalue weighted by Gasteiger charge is -2.08. The fraction of sp³-hybridized carbons (Fsp3) is 0.167. The number of halogens is 1. The number of ether oxygens (including phenoxy) is 1. The number of benzene rings is 1. The van der Waals surface area contributed by atoms with Gasteiger partial charge in [-0.1, -0.05) is 12.1 Å². The summed E-state index contributed by atoms with van der Waals surface area (Å²) in [5.74, 6) is -1.41. The van der Waals surface area contributed by atoms with Gasteiger partial charge in [-0.05, 0) is 36.8 Å². The molecule has 0 aliphatic rings. The van der Waals surface area contributed by atoms with Gasteiger partial charge in [0, 0.05) is 18.4 Å². The van der Waals surface area contributed by atoms with Crippen LogP contribution < -0.4 is 5.56 Å². The molecule has 146 valence electrons. The molecular weight excluding hydrogens is 389 g/mol. The highest BCUT2D eigenvalue weighted by atomic mass is 32.2. The van der Waals surface area contributed by atoms with Gasteiger partial charge in [0.15, 0.2) is 4.90 Å². The minimum Gasteiger partial charge on any atom is -0.493 e. The molecule has 28 heavy (non-hydrogen) atoms. The molecule has 0 saturated carbocycles. The Kier molecular flexibility index (Phi) is 5.52. The number of rotatable bonds is 6. The first-order valence-corrected chi connectivity index (χ1v) is 9.68. The molecule has 0 aliphatic heterocycles. The van der Waals surface area contributed by atoms with E-state index < -0.39 is 32.1 Å². The van der Waals surface area contributed by atoms with Gasteiger partial charge < -0.3 is 14.8 Å². The molecule has 0 saturated heterocycles. The standard InChI is InChI=1S/C18H16FN3O5S/c1-2-27-10-15-21-17(23)16(18(24)22-15)28(25,26)13-6-3-11(4-7-13)12-5-8-14(19)20-9-12/h3-9H,2,10H2,1H3,(H2,21,22,23,24). The molecule has 0 atom stereocenters. The van der Waals surface area contributed by atoms with E-state index in [1.807, 2.05) is 0 Å². The van der Waals surface area contributed by atoms with Gasteiger partial charge in [-0.2, -0.15) is 9.37 Å². The SMILES string of the molecule is CCOCc1nc(=O)c(S(=O)(=O)c2ccc(-c3ccc(F)nc3)cc2)c(O)[nH]1. The molecule has 1 aromatic carbocycles. The van der Waals surface area contributed by atoms with Gasteiger partial charge in [0.2, 0.25) is 21.7 Å². The van der Waals surface area contributed by atoms with Crippen molar-refractivity contribution in [2.24, 2.45) is 0 Å². The first-order chi connectivity index (χ1) is 13.3. The lowest BCUT2D eigenvalue weighted by Crippen LogP contribution is -2.21. The van der Waals surface area contributed by atoms with Crippen LogP contribution in [0.1, 0.15) is 12.7 Å². The molecule has 2 aromatic heterocycles. The second kappa shape index (κ2) is 7.87. The predicted octanol–water partition coefficient (Wildman–Crippen LogP) is 2.05. The number of nitrogens with one attached hydrogen (secondary N) is 1. The summed E-state index contributed by atoms with van der Waals surface area (Å²) in [6, 6.07) is 8.23. The molecule has 2 heterocycles. The van der Waals surface area contributed by atoms with Gasteiger partial charge in [-0.15, -0.1) is 0 Å². The second-order valence-electron chi connectivity index (χ2n) is 5.70. The van der Waals surface area contributed by atoms with Crippen molar-refractivity contribution in [2.45, 2.75) is 23.3 Å². The summed E-state index contributed by atoms with van der Waals surface area (Å²) < 4.78 is 43.6. The van der Waals surface area contributed by atoms with Crippen molar-refractivity contribution in [1.82, 2.24) is 15.0 Å². The van der Waals surface area contributed by atoms with Crippen LogP contribution in [-0.2, 0) is 21.2 Å². The van der Waals surface area contributed by atoms with Crippen LogP contribution in [0, 0.1) is 5.95 Å². The van der Waals surface area contributed by atoms with Crippen molar-refractivity contribution >= 4 is 9.84 Å². The number of aromatic amines is 1. The third kappa shape index (κ3) is 3.92. The first kappa shape index (κ1) is 19.6. The van der Waals surface area contributed by atoms with E-state index in [-0.39, 0.29) is 17.3 Å². The predicted molar refractivity (Wildman–Crippen MR) is 96.9 cm³/mol. The third-order valence-corrected chi connectivity index (χ3v) is 5.64. The molecule has 10 heteroatoms. The molecule has 0 unspecified atom stereocenters. The summed E-state index contributed by atoms with van der Waals surface area (Å²) in [4.78, 5) is 20.7. The maximum atomic E-state index is 12.9. The maximum absolute atomic E-state index is 12.9. The molecule has 8 nitrogen and oxygen atoms in total. The van der Waals surface area contributed by atoms with E-state index in [1.54, 1.807) is 6.92 Å². The van der Waals surface area contributed by atoms with Crippen molar-refractivity contribution in [2.75, 3.05) is 6.61 Å². The van der Waals surface area contributed by atoms with E-state index in [2.05, 4.69) is 15.0 Å². The van der Waals surface area contributed by atoms with Gasteiger partial charge in [-0.3, -0.25) is 4.79 Å². The van der Waals surface area contributed by atoms with Crippen molar-refractivity contribution < 1.29 is 22.7 Å². The second-order valence-corrected chi connectivity index (χ2v) is 7.59. The zero-order chi connectivity index (χ0) is 20.3. The molecule has 0 radical (unpaired) electrons. The largest absolute Gasteiger partial charge is 0.493 e. The Morgan fingerprint density at radius 1 is 1.14 bits per heavy atom. The molecule has 0 aliphatic carbocycles. The molecular formula is C18H16FN3O5S. The van der Waals surface area contributed by atoms with Gasteiger partial charge in [0.05, 0.1) is 4.90 Å². The van der Waals surface area contributed by atoms with Gasteiger partial charge in [0.1, 0.15) is 12.4 Å². The van der Waals surface area contributed by atoms with E-state index in [4.69, 9.17) is 4.74 Å². The van der Waals surface area contributed by atoms with Crippen LogP contribution in [0.5, 0.6) is 5.88 Å². The molecule has 0 spiro atoms. The van der Waals surface area contributed by atoms with E-state index in [1.165, 1.54) is 42.6 Å². The Labute approximate surface area is 159 Å². The first-order valence-electron chi connectivity index (χ1n) is 8.20. The molecule has 0 amide bonds. The van der Waals surface area contributed by atoms with Crippen molar-refractivity contribution in [1.29, 1.82) is 0 Å². The van der Waals surface area contributed by atoms with Crippen LogP contribution in [0.4, 0.5) is 4.39 Å². The van der Waals surface area contributed by atoms with Crippen LogP contribution in [0.2, 0.25) is 0 Å². The van der Waals surface area contributed by atoms with E-state index in [9.17, 15) is 22.7 Å². The zero-order valence-electron chi connectivity index (χ0n) is 14.7. The Bertz CT molecular complexity index is 1140. The average Bonchev–Trinajstić information content (AvgIpc) is 2.66. The van der Waals surface area contributed by atoms with Crippen LogP contribution in [-0.4, -0.2) is 35.1 Å². The van der Waals surface area contributed by atoms with E-state index in [0.29, 0.717) is 17.7 Å². The maximum Gasteiger partial charge on any atom is 0.296 e. The number of aromatic hydroxyl groups is 1. The molecule has 0 fully saturated rings. The number of aromatic nitrogens is 3. The molecule has 0 bridgehead atoms. The summed E-state index contributed by atoms with van der Waals surface area (Å²) in [5, 5.41) is 10.1. The van der Waals surface area contributed by atoms with Crippen LogP contribution >= 0.6 is 0 Å². The van der Waals surface area contributed by atoms with Crippen LogP contribution in [0.3, 0.4) is 0 Å². The van der Waals surface area contributed by atoms with Gasteiger partial charge in [-0.25, -0.2) is 13.4 Å². The minimum absolute atomic E-state index is 0.0162. The summed E-state index contributed by atoms with van der Waals surface area (Å²) in [5.41, 5.74) is 0.112. The topological polar surface area (TPSA) is 122 Å². The number of nitrogens with zero attached hydrogens (tertiary/aromatic N) is 2. The number of sulfone groups is 1. The lowest BCUT2D eigenvalue weighted by molar-refractivity contribution is 0.127. The normalized spacial score (nSPS) is 11.5. The Morgan fingerprint density at radius 3 is 2.39 bits per heavy atom. The van der Waals surface area contributed by atoms with Crippen molar-refractivity contribution in [3.05, 3.63) is 64.7 Å². The fourth-order valence-corrected chi connectivity index (χ4v) is 3.81. The van der Waals surface area contributed by atoms with Crippen molar-refractivity contribution in [3.63, 3.8) is 0 Å². The molecule has 3 rings (SSSR count). The monoisotopic (exact) mass is 405 g/mol. The quantitative estimate of drug-likeness (QED) is 0.602. The lowest BCUT2D eigenvalue weighted by atomic mass is 10.1. The number of hydrogen-bond acceptors (Lipinski definition) is 7. The molecule has 2 N–H and O–H groups in total. The molecule has 3 aromatic rings. The highest BCUT2D eigenvalue weighted by molar-refractivity contribution is 7.91. The smallest absolute Gasteiger partial charge is 0.296 e. The Balaban J connectivity index is 1.97. The summed E-state index contributed by atoms with van der Waals surface area (Å²) in [7, 11) is -4.32. The Morgan fingerprint density at radius 2 is 1.82 bits per heavy atom. The van der Waals surface area contributed by atoms with Crippen molar-refractivity contribution in [3.8, 4) is 17.0 Å². The summed E-state index contributed by atoms with van der Waals surface area (Å²) >= 11 is 0. The zero-order valence-corrected chi connectivity index (χ0v) is 15.5. The minimum atomic E-state index is -4.32. The average molecular weight is 405 g/mol. The summed E-state index contributed by atoms with van der Waals surface area (Å²) in [6.07, 6.45) is 1.32. The van der Waals surface area contributed by atoms with E-state index >= 15 is 0 Å². The third-order valence-electron chi connectivity index (χ3n) is 3.85.